The molecule has 94 valence electrons. The van der Waals surface area contributed by atoms with Crippen molar-refractivity contribution in [3.05, 3.63) is 18.1 Å². The lowest BCUT2D eigenvalue weighted by Crippen LogP contribution is -2.17. The molecular weight excluding hydrogens is 230 g/mol. The van der Waals surface area contributed by atoms with Crippen molar-refractivity contribution < 1.29 is 0 Å². The number of nitrogens with zero attached hydrogens (tertiary/aromatic N) is 2. The molecule has 2 rings (SSSR count). The van der Waals surface area contributed by atoms with E-state index in [2.05, 4.69) is 34.5 Å². The quantitative estimate of drug-likeness (QED) is 0.872. The van der Waals surface area contributed by atoms with Gasteiger partial charge < -0.3 is 5.32 Å². The van der Waals surface area contributed by atoms with Crippen LogP contribution >= 0.6 is 11.8 Å². The van der Waals surface area contributed by atoms with Gasteiger partial charge in [-0.1, -0.05) is 13.3 Å². The van der Waals surface area contributed by atoms with Gasteiger partial charge >= 0.3 is 0 Å². The van der Waals surface area contributed by atoms with Crippen molar-refractivity contribution >= 4 is 17.6 Å². The van der Waals surface area contributed by atoms with Crippen molar-refractivity contribution in [2.45, 2.75) is 50.3 Å². The van der Waals surface area contributed by atoms with Gasteiger partial charge in [0.25, 0.3) is 0 Å². The van der Waals surface area contributed by atoms with E-state index in [1.807, 2.05) is 11.8 Å². The first-order chi connectivity index (χ1) is 8.31. The smallest absolute Gasteiger partial charge is 0.129 e. The molecule has 4 heteroatoms. The van der Waals surface area contributed by atoms with Gasteiger partial charge in [-0.25, -0.2) is 9.97 Å². The highest BCUT2D eigenvalue weighted by molar-refractivity contribution is 7.99. The highest BCUT2D eigenvalue weighted by Gasteiger charge is 2.23. The Morgan fingerprint density at radius 2 is 2.29 bits per heavy atom. The van der Waals surface area contributed by atoms with Crippen LogP contribution in [0.25, 0.3) is 0 Å². The van der Waals surface area contributed by atoms with E-state index < -0.39 is 0 Å². The molecule has 0 spiro atoms. The third-order valence-electron chi connectivity index (χ3n) is 3.30. The molecule has 3 nitrogen and oxygen atoms in total. The maximum Gasteiger partial charge on any atom is 0.129 e. The minimum atomic E-state index is 0.594. The summed E-state index contributed by atoms with van der Waals surface area (Å²) in [6.45, 7) is 2.18. The number of thioether (sulfide) groups is 1. The second-order valence-electron chi connectivity index (χ2n) is 4.66. The summed E-state index contributed by atoms with van der Waals surface area (Å²) in [6, 6.07) is 2.69. The molecule has 0 amide bonds. The number of hydrogen-bond donors (Lipinski definition) is 1. The Morgan fingerprint density at radius 3 is 3.00 bits per heavy atom. The Bertz CT molecular complexity index is 356. The first-order valence-electron chi connectivity index (χ1n) is 6.42. The monoisotopic (exact) mass is 251 g/mol. The SMILES string of the molecule is CCCc1cc(NC2CCC(SC)C2)ncn1. The number of aryl methyl sites for hydroxylation is 1. The van der Waals surface area contributed by atoms with Crippen molar-refractivity contribution in [1.82, 2.24) is 9.97 Å². The largest absolute Gasteiger partial charge is 0.367 e. The Kier molecular flexibility index (Phi) is 4.66. The Balaban J connectivity index is 1.92. The summed E-state index contributed by atoms with van der Waals surface area (Å²) in [4.78, 5) is 8.59. The van der Waals surface area contributed by atoms with Gasteiger partial charge in [0.05, 0.1) is 0 Å². The molecule has 17 heavy (non-hydrogen) atoms. The Labute approximate surface area is 108 Å². The molecule has 0 aliphatic heterocycles. The zero-order chi connectivity index (χ0) is 12.1. The summed E-state index contributed by atoms with van der Waals surface area (Å²) in [7, 11) is 0. The number of hydrogen-bond acceptors (Lipinski definition) is 4. The number of aromatic nitrogens is 2. The molecule has 1 N–H and O–H groups in total. The van der Waals surface area contributed by atoms with Crippen LogP contribution in [-0.4, -0.2) is 27.5 Å². The van der Waals surface area contributed by atoms with Crippen molar-refractivity contribution in [3.63, 3.8) is 0 Å². The minimum Gasteiger partial charge on any atom is -0.367 e. The van der Waals surface area contributed by atoms with Gasteiger partial charge in [0.1, 0.15) is 12.1 Å². The van der Waals surface area contributed by atoms with Gasteiger partial charge in [0.15, 0.2) is 0 Å². The van der Waals surface area contributed by atoms with Crippen LogP contribution in [0.4, 0.5) is 5.82 Å². The summed E-state index contributed by atoms with van der Waals surface area (Å²) >= 11 is 1.99. The zero-order valence-electron chi connectivity index (χ0n) is 10.6. The predicted molar refractivity (Wildman–Crippen MR) is 74.6 cm³/mol. The average Bonchev–Trinajstić information content (AvgIpc) is 2.78. The second kappa shape index (κ2) is 6.24. The molecule has 1 heterocycles. The highest BCUT2D eigenvalue weighted by atomic mass is 32.2. The van der Waals surface area contributed by atoms with Crippen LogP contribution in [0.1, 0.15) is 38.3 Å². The third kappa shape index (κ3) is 3.60. The van der Waals surface area contributed by atoms with E-state index in [4.69, 9.17) is 0 Å². The predicted octanol–water partition coefficient (Wildman–Crippen LogP) is 3.13. The van der Waals surface area contributed by atoms with E-state index in [0.717, 1.165) is 29.6 Å². The van der Waals surface area contributed by atoms with Gasteiger partial charge in [-0.2, -0.15) is 11.8 Å². The van der Waals surface area contributed by atoms with Crippen LogP contribution in [0.15, 0.2) is 12.4 Å². The van der Waals surface area contributed by atoms with Gasteiger partial charge in [0, 0.05) is 23.1 Å². The number of nitrogens with one attached hydrogen (secondary N) is 1. The van der Waals surface area contributed by atoms with E-state index in [1.165, 1.54) is 19.3 Å². The molecule has 1 aromatic rings. The van der Waals surface area contributed by atoms with Crippen LogP contribution in [-0.2, 0) is 6.42 Å². The number of anilines is 1. The zero-order valence-corrected chi connectivity index (χ0v) is 11.5. The molecular formula is C13H21N3S. The molecule has 1 fully saturated rings. The van der Waals surface area contributed by atoms with Crippen LogP contribution in [0, 0.1) is 0 Å². The lowest BCUT2D eigenvalue weighted by molar-refractivity contribution is 0.749. The Hall–Kier alpha value is -0.770. The summed E-state index contributed by atoms with van der Waals surface area (Å²) < 4.78 is 0. The molecule has 2 unspecified atom stereocenters. The van der Waals surface area contributed by atoms with Crippen LogP contribution in [0.2, 0.25) is 0 Å². The van der Waals surface area contributed by atoms with E-state index in [-0.39, 0.29) is 0 Å². The van der Waals surface area contributed by atoms with E-state index >= 15 is 0 Å². The van der Waals surface area contributed by atoms with Crippen LogP contribution in [0.5, 0.6) is 0 Å². The van der Waals surface area contributed by atoms with Gasteiger partial charge in [-0.05, 0) is 31.9 Å². The fourth-order valence-electron chi connectivity index (χ4n) is 2.36. The third-order valence-corrected chi connectivity index (χ3v) is 4.39. The van der Waals surface area contributed by atoms with E-state index in [9.17, 15) is 0 Å². The normalized spacial score (nSPS) is 23.9. The van der Waals surface area contributed by atoms with Gasteiger partial charge in [-0.15, -0.1) is 0 Å². The van der Waals surface area contributed by atoms with Gasteiger partial charge in [0.2, 0.25) is 0 Å². The number of rotatable bonds is 5. The fourth-order valence-corrected chi connectivity index (χ4v) is 3.16. The molecule has 0 bridgehead atoms. The Morgan fingerprint density at radius 1 is 1.41 bits per heavy atom. The first-order valence-corrected chi connectivity index (χ1v) is 7.71. The molecule has 1 saturated carbocycles. The van der Waals surface area contributed by atoms with Crippen LogP contribution < -0.4 is 5.32 Å². The maximum atomic E-state index is 4.31. The van der Waals surface area contributed by atoms with Crippen LogP contribution in [0.3, 0.4) is 0 Å². The first kappa shape index (κ1) is 12.7. The topological polar surface area (TPSA) is 37.8 Å². The average molecular weight is 251 g/mol. The molecule has 2 atom stereocenters. The van der Waals surface area contributed by atoms with Crippen molar-refractivity contribution in [2.75, 3.05) is 11.6 Å². The lowest BCUT2D eigenvalue weighted by Gasteiger charge is -2.13. The van der Waals surface area contributed by atoms with E-state index in [1.54, 1.807) is 6.33 Å². The molecule has 0 aromatic carbocycles. The van der Waals surface area contributed by atoms with Crippen molar-refractivity contribution in [3.8, 4) is 0 Å². The van der Waals surface area contributed by atoms with Crippen molar-refractivity contribution in [1.29, 1.82) is 0 Å². The summed E-state index contributed by atoms with van der Waals surface area (Å²) in [6.07, 6.45) is 9.90. The molecule has 0 saturated heterocycles. The second-order valence-corrected chi connectivity index (χ2v) is 5.79. The van der Waals surface area contributed by atoms with Crippen molar-refractivity contribution in [2.24, 2.45) is 0 Å². The van der Waals surface area contributed by atoms with E-state index in [0.29, 0.717) is 6.04 Å². The molecule has 1 aliphatic carbocycles. The van der Waals surface area contributed by atoms with Gasteiger partial charge in [-0.3, -0.25) is 0 Å². The minimum absolute atomic E-state index is 0.594. The fraction of sp³-hybridized carbons (Fsp3) is 0.692. The molecule has 1 aromatic heterocycles. The summed E-state index contributed by atoms with van der Waals surface area (Å²) in [5.74, 6) is 0.996. The maximum absolute atomic E-state index is 4.31. The lowest BCUT2D eigenvalue weighted by atomic mass is 10.2. The summed E-state index contributed by atoms with van der Waals surface area (Å²) in [5, 5.41) is 4.36. The summed E-state index contributed by atoms with van der Waals surface area (Å²) in [5.41, 5.74) is 1.14. The standard InChI is InChI=1S/C13H21N3S/c1-3-4-10-8-13(15-9-14-10)16-11-5-6-12(7-11)17-2/h8-9,11-12H,3-7H2,1-2H3,(H,14,15,16). The molecule has 1 aliphatic rings. The molecule has 0 radical (unpaired) electrons. The highest BCUT2D eigenvalue weighted by Crippen LogP contribution is 2.29.